The van der Waals surface area contributed by atoms with E-state index in [0.717, 1.165) is 5.75 Å². The van der Waals surface area contributed by atoms with Crippen LogP contribution in [0, 0.1) is 0 Å². The van der Waals surface area contributed by atoms with Gasteiger partial charge in [-0.2, -0.15) is 11.8 Å². The molecule has 106 valence electrons. The maximum absolute atomic E-state index is 12.1. The Morgan fingerprint density at radius 3 is 2.26 bits per heavy atom. The van der Waals surface area contributed by atoms with Gasteiger partial charge in [-0.25, -0.2) is 4.79 Å². The molecule has 1 amide bonds. The highest BCUT2D eigenvalue weighted by Crippen LogP contribution is 2.13. The highest BCUT2D eigenvalue weighted by atomic mass is 127. The predicted molar refractivity (Wildman–Crippen MR) is 88.7 cm³/mol. The Balaban J connectivity index is 0.00000324. The van der Waals surface area contributed by atoms with E-state index in [1.165, 1.54) is 12.1 Å². The van der Waals surface area contributed by atoms with Crippen LogP contribution in [0.4, 0.5) is 0 Å². The zero-order valence-corrected chi connectivity index (χ0v) is 14.2. The molecule has 0 fully saturated rings. The monoisotopic (exact) mass is 395 g/mol. The molecule has 0 aliphatic heterocycles. The zero-order valence-electron chi connectivity index (χ0n) is 11.1. The van der Waals surface area contributed by atoms with E-state index in [9.17, 15) is 9.59 Å². The molecule has 19 heavy (non-hydrogen) atoms. The lowest BCUT2D eigenvalue weighted by atomic mass is 10.0. The van der Waals surface area contributed by atoms with Gasteiger partial charge in [-0.15, -0.1) is 24.0 Å². The van der Waals surface area contributed by atoms with Crippen LogP contribution in [0.5, 0.6) is 0 Å². The Morgan fingerprint density at radius 2 is 1.79 bits per heavy atom. The highest BCUT2D eigenvalue weighted by Gasteiger charge is 2.23. The molecule has 0 radical (unpaired) electrons. The van der Waals surface area contributed by atoms with Gasteiger partial charge in [0.25, 0.3) is 5.91 Å². The molecule has 1 rings (SSSR count). The number of benzene rings is 1. The van der Waals surface area contributed by atoms with Gasteiger partial charge in [-0.05, 0) is 32.2 Å². The first kappa shape index (κ1) is 18.2. The summed E-state index contributed by atoms with van der Waals surface area (Å²) >= 11 is 1.63. The molecule has 2 N–H and O–H groups in total. The fourth-order valence-electron chi connectivity index (χ4n) is 1.64. The van der Waals surface area contributed by atoms with E-state index in [1.807, 2.05) is 20.1 Å². The van der Waals surface area contributed by atoms with Crippen molar-refractivity contribution in [3.8, 4) is 0 Å². The van der Waals surface area contributed by atoms with Crippen LogP contribution in [-0.2, 0) is 0 Å². The quantitative estimate of drug-likeness (QED) is 0.753. The molecule has 0 bridgehead atoms. The van der Waals surface area contributed by atoms with E-state index in [4.69, 9.17) is 5.11 Å². The Morgan fingerprint density at radius 1 is 1.26 bits per heavy atom. The van der Waals surface area contributed by atoms with E-state index in [2.05, 4.69) is 5.32 Å². The van der Waals surface area contributed by atoms with Crippen molar-refractivity contribution in [2.75, 3.05) is 12.0 Å². The van der Waals surface area contributed by atoms with Crippen molar-refractivity contribution in [1.82, 2.24) is 5.32 Å². The van der Waals surface area contributed by atoms with Crippen molar-refractivity contribution in [2.45, 2.75) is 19.4 Å². The number of thioether (sulfide) groups is 1. The maximum Gasteiger partial charge on any atom is 0.336 e. The Bertz CT molecular complexity index is 463. The largest absolute Gasteiger partial charge is 0.478 e. The number of carbonyl (C=O) groups is 2. The van der Waals surface area contributed by atoms with Crippen LogP contribution < -0.4 is 5.32 Å². The number of hydrogen-bond donors (Lipinski definition) is 2. The number of halogens is 1. The molecule has 1 aromatic carbocycles. The average molecular weight is 395 g/mol. The van der Waals surface area contributed by atoms with E-state index in [-0.39, 0.29) is 46.5 Å². The van der Waals surface area contributed by atoms with E-state index < -0.39 is 5.97 Å². The smallest absolute Gasteiger partial charge is 0.336 e. The lowest BCUT2D eigenvalue weighted by Gasteiger charge is -2.25. The number of rotatable bonds is 5. The van der Waals surface area contributed by atoms with E-state index >= 15 is 0 Å². The number of carbonyl (C=O) groups excluding carboxylic acids is 1. The third-order valence-electron chi connectivity index (χ3n) is 2.36. The SMILES string of the molecule is CSCC(C)(C)NC(=O)c1ccccc1C(=O)O.I. The van der Waals surface area contributed by atoms with Gasteiger partial charge in [-0.1, -0.05) is 12.1 Å². The van der Waals surface area contributed by atoms with Gasteiger partial charge in [0.1, 0.15) is 0 Å². The number of carboxylic acid groups (broad SMARTS) is 1. The van der Waals surface area contributed by atoms with Crippen molar-refractivity contribution >= 4 is 47.6 Å². The molecule has 0 aliphatic rings. The zero-order chi connectivity index (χ0) is 13.8. The summed E-state index contributed by atoms with van der Waals surface area (Å²) in [5.74, 6) is -0.691. The number of carboxylic acids is 1. The Hall–Kier alpha value is -0.760. The minimum atomic E-state index is -1.09. The summed E-state index contributed by atoms with van der Waals surface area (Å²) in [6.07, 6.45) is 1.96. The second-order valence-electron chi connectivity index (χ2n) is 4.62. The first-order valence-electron chi connectivity index (χ1n) is 5.51. The van der Waals surface area contributed by atoms with Crippen LogP contribution in [0.25, 0.3) is 0 Å². The van der Waals surface area contributed by atoms with Crippen molar-refractivity contribution in [2.24, 2.45) is 0 Å². The molecule has 0 saturated carbocycles. The van der Waals surface area contributed by atoms with Crippen molar-refractivity contribution in [1.29, 1.82) is 0 Å². The molecule has 0 aromatic heterocycles. The molecule has 6 heteroatoms. The number of nitrogens with one attached hydrogen (secondary N) is 1. The molecule has 0 saturated heterocycles. The Kier molecular flexibility index (Phi) is 7.43. The lowest BCUT2D eigenvalue weighted by Crippen LogP contribution is -2.45. The summed E-state index contributed by atoms with van der Waals surface area (Å²) in [5.41, 5.74) is -0.156. The first-order valence-corrected chi connectivity index (χ1v) is 6.90. The van der Waals surface area contributed by atoms with Crippen molar-refractivity contribution in [3.63, 3.8) is 0 Å². The fraction of sp³-hybridized carbons (Fsp3) is 0.385. The summed E-state index contributed by atoms with van der Waals surface area (Å²) in [5, 5.41) is 11.9. The van der Waals surface area contributed by atoms with Crippen LogP contribution in [0.2, 0.25) is 0 Å². The molecule has 0 spiro atoms. The van der Waals surface area contributed by atoms with Gasteiger partial charge >= 0.3 is 5.97 Å². The minimum Gasteiger partial charge on any atom is -0.478 e. The maximum atomic E-state index is 12.1. The normalized spacial score (nSPS) is 10.5. The predicted octanol–water partition coefficient (Wildman–Crippen LogP) is 2.87. The van der Waals surface area contributed by atoms with Crippen LogP contribution >= 0.6 is 35.7 Å². The summed E-state index contributed by atoms with van der Waals surface area (Å²) in [6, 6.07) is 6.21. The molecule has 0 atom stereocenters. The van der Waals surface area contributed by atoms with Gasteiger partial charge in [0.05, 0.1) is 11.1 Å². The molecule has 0 aliphatic carbocycles. The second kappa shape index (κ2) is 7.74. The van der Waals surface area contributed by atoms with Gasteiger partial charge < -0.3 is 10.4 Å². The molecular formula is C13H18INO3S. The first-order chi connectivity index (χ1) is 8.37. The summed E-state index contributed by atoms with van der Waals surface area (Å²) in [4.78, 5) is 23.1. The average Bonchev–Trinajstić information content (AvgIpc) is 2.28. The van der Waals surface area contributed by atoms with E-state index in [1.54, 1.807) is 23.9 Å². The highest BCUT2D eigenvalue weighted by molar-refractivity contribution is 14.0. The van der Waals surface area contributed by atoms with Crippen molar-refractivity contribution < 1.29 is 14.7 Å². The third-order valence-corrected chi connectivity index (χ3v) is 3.37. The van der Waals surface area contributed by atoms with E-state index in [0.29, 0.717) is 0 Å². The van der Waals surface area contributed by atoms with Crippen molar-refractivity contribution in [3.05, 3.63) is 35.4 Å². The van der Waals surface area contributed by atoms with Gasteiger partial charge in [-0.3, -0.25) is 4.79 Å². The fourth-order valence-corrected chi connectivity index (χ4v) is 2.43. The lowest BCUT2D eigenvalue weighted by molar-refractivity contribution is 0.0690. The molecule has 1 aromatic rings. The standard InChI is InChI=1S/C13H17NO3S.HI/c1-13(2,8-18-3)14-11(15)9-6-4-5-7-10(9)12(16)17;/h4-7H,8H2,1-3H3,(H,14,15)(H,16,17);1H. The Labute approximate surface area is 134 Å². The van der Waals surface area contributed by atoms with Crippen LogP contribution in [0.15, 0.2) is 24.3 Å². The summed E-state index contributed by atoms with van der Waals surface area (Å²) in [7, 11) is 0. The minimum absolute atomic E-state index is 0. The second-order valence-corrected chi connectivity index (χ2v) is 5.49. The topological polar surface area (TPSA) is 66.4 Å². The van der Waals surface area contributed by atoms with Gasteiger partial charge in [0.15, 0.2) is 0 Å². The molecular weight excluding hydrogens is 377 g/mol. The molecule has 0 heterocycles. The van der Waals surface area contributed by atoms with Crippen LogP contribution in [-0.4, -0.2) is 34.5 Å². The van der Waals surface area contributed by atoms with Gasteiger partial charge in [0, 0.05) is 11.3 Å². The number of aromatic carboxylic acids is 1. The number of amides is 1. The third kappa shape index (κ3) is 5.40. The summed E-state index contributed by atoms with van der Waals surface area (Å²) in [6.45, 7) is 3.82. The molecule has 0 unspecified atom stereocenters. The van der Waals surface area contributed by atoms with Crippen LogP contribution in [0.1, 0.15) is 34.6 Å². The number of hydrogen-bond acceptors (Lipinski definition) is 3. The summed E-state index contributed by atoms with van der Waals surface area (Å²) < 4.78 is 0. The molecule has 4 nitrogen and oxygen atoms in total. The van der Waals surface area contributed by atoms with Crippen LogP contribution in [0.3, 0.4) is 0 Å². The van der Waals surface area contributed by atoms with Gasteiger partial charge in [0.2, 0.25) is 0 Å².